The van der Waals surface area contributed by atoms with E-state index < -0.39 is 0 Å². The molecule has 2 aromatic rings. The fourth-order valence-corrected chi connectivity index (χ4v) is 2.13. The summed E-state index contributed by atoms with van der Waals surface area (Å²) < 4.78 is 16.7. The Bertz CT molecular complexity index is 481. The lowest BCUT2D eigenvalue weighted by Gasteiger charge is -2.11. The van der Waals surface area contributed by atoms with Crippen molar-refractivity contribution in [3.05, 3.63) is 11.6 Å². The maximum atomic E-state index is 5.30. The van der Waals surface area contributed by atoms with Crippen molar-refractivity contribution in [2.75, 3.05) is 21.3 Å². The second-order valence-electron chi connectivity index (χ2n) is 2.80. The van der Waals surface area contributed by atoms with Gasteiger partial charge >= 0.3 is 0 Å². The summed E-state index contributed by atoms with van der Waals surface area (Å²) in [6, 6.07) is 1.81. The molecule has 5 heteroatoms. The molecule has 0 aliphatic rings. The summed E-state index contributed by atoms with van der Waals surface area (Å²) >= 11 is 1.39. The molecular formula is C10H10NO3S. The van der Waals surface area contributed by atoms with E-state index in [1.807, 2.05) is 6.07 Å². The zero-order valence-electron chi connectivity index (χ0n) is 8.66. The molecule has 1 aromatic heterocycles. The van der Waals surface area contributed by atoms with Crippen molar-refractivity contribution in [1.29, 1.82) is 0 Å². The fraction of sp³-hybridized carbons (Fsp3) is 0.300. The van der Waals surface area contributed by atoms with Crippen LogP contribution in [-0.2, 0) is 0 Å². The van der Waals surface area contributed by atoms with Gasteiger partial charge in [-0.3, -0.25) is 0 Å². The van der Waals surface area contributed by atoms with Crippen LogP contribution in [-0.4, -0.2) is 26.3 Å². The van der Waals surface area contributed by atoms with Crippen LogP contribution in [0.4, 0.5) is 0 Å². The third kappa shape index (κ3) is 1.48. The maximum absolute atomic E-state index is 5.30. The Kier molecular flexibility index (Phi) is 2.64. The molecule has 0 saturated heterocycles. The summed E-state index contributed by atoms with van der Waals surface area (Å²) in [5.74, 6) is 1.84. The predicted molar refractivity (Wildman–Crippen MR) is 58.1 cm³/mol. The molecule has 0 N–H and O–H groups in total. The lowest BCUT2D eigenvalue weighted by atomic mass is 10.2. The number of rotatable bonds is 3. The minimum Gasteiger partial charge on any atom is -0.493 e. The molecule has 4 nitrogen and oxygen atoms in total. The molecule has 0 atom stereocenters. The van der Waals surface area contributed by atoms with E-state index in [0.717, 1.165) is 10.2 Å². The Labute approximate surface area is 91.4 Å². The van der Waals surface area contributed by atoms with E-state index in [0.29, 0.717) is 17.2 Å². The Morgan fingerprint density at radius 2 is 1.87 bits per heavy atom. The van der Waals surface area contributed by atoms with Gasteiger partial charge in [0.15, 0.2) is 17.0 Å². The van der Waals surface area contributed by atoms with Gasteiger partial charge in [0, 0.05) is 6.07 Å². The molecule has 0 unspecified atom stereocenters. The van der Waals surface area contributed by atoms with E-state index in [4.69, 9.17) is 14.2 Å². The second-order valence-corrected chi connectivity index (χ2v) is 3.59. The number of thiazole rings is 1. The number of ether oxygens (including phenoxy) is 3. The molecule has 1 heterocycles. The molecular weight excluding hydrogens is 214 g/mol. The van der Waals surface area contributed by atoms with Gasteiger partial charge in [-0.15, -0.1) is 11.3 Å². The summed E-state index contributed by atoms with van der Waals surface area (Å²) in [6.07, 6.45) is 0. The Balaban J connectivity index is 2.78. The van der Waals surface area contributed by atoms with E-state index in [-0.39, 0.29) is 0 Å². The topological polar surface area (TPSA) is 40.6 Å². The summed E-state index contributed by atoms with van der Waals surface area (Å²) in [5.41, 5.74) is 3.62. The lowest BCUT2D eigenvalue weighted by Crippen LogP contribution is -1.94. The number of fused-ring (bicyclic) bond motifs is 1. The average molecular weight is 224 g/mol. The summed E-state index contributed by atoms with van der Waals surface area (Å²) in [7, 11) is 4.76. The predicted octanol–water partition coefficient (Wildman–Crippen LogP) is 2.12. The second kappa shape index (κ2) is 3.94. The first-order valence-corrected chi connectivity index (χ1v) is 5.09. The molecule has 0 spiro atoms. The molecule has 15 heavy (non-hydrogen) atoms. The average Bonchev–Trinajstić information content (AvgIpc) is 2.73. The van der Waals surface area contributed by atoms with Crippen molar-refractivity contribution in [1.82, 2.24) is 4.98 Å². The van der Waals surface area contributed by atoms with Gasteiger partial charge < -0.3 is 14.2 Å². The number of aromatic nitrogens is 1. The van der Waals surface area contributed by atoms with E-state index in [1.165, 1.54) is 11.3 Å². The number of hydrogen-bond acceptors (Lipinski definition) is 5. The van der Waals surface area contributed by atoms with E-state index in [1.54, 1.807) is 21.3 Å². The number of benzene rings is 1. The fourth-order valence-electron chi connectivity index (χ4n) is 1.42. The minimum absolute atomic E-state index is 0.588. The Morgan fingerprint density at radius 3 is 2.47 bits per heavy atom. The van der Waals surface area contributed by atoms with Crippen LogP contribution >= 0.6 is 11.3 Å². The van der Waals surface area contributed by atoms with Gasteiger partial charge in [-0.2, -0.15) is 0 Å². The monoisotopic (exact) mass is 224 g/mol. The molecule has 79 valence electrons. The van der Waals surface area contributed by atoms with Crippen LogP contribution in [0.15, 0.2) is 6.07 Å². The zero-order valence-corrected chi connectivity index (χ0v) is 9.47. The molecule has 0 amide bonds. The molecule has 1 aromatic carbocycles. The first kappa shape index (κ1) is 10.0. The Hall–Kier alpha value is -1.49. The van der Waals surface area contributed by atoms with Crippen molar-refractivity contribution < 1.29 is 14.2 Å². The third-order valence-electron chi connectivity index (χ3n) is 2.08. The number of hydrogen-bond donors (Lipinski definition) is 0. The largest absolute Gasteiger partial charge is 0.493 e. The minimum atomic E-state index is 0.588. The van der Waals surface area contributed by atoms with E-state index in [2.05, 4.69) is 10.5 Å². The number of nitrogens with zero attached hydrogens (tertiary/aromatic N) is 1. The third-order valence-corrected chi connectivity index (χ3v) is 2.86. The summed E-state index contributed by atoms with van der Waals surface area (Å²) in [4.78, 5) is 4.09. The van der Waals surface area contributed by atoms with Gasteiger partial charge in [0.25, 0.3) is 0 Å². The first-order chi connectivity index (χ1) is 7.31. The first-order valence-electron chi connectivity index (χ1n) is 4.27. The standard InChI is InChI=1S/C10H10NO3S/c1-12-7-4-6-10(15-5-11-6)9(14-3)8(7)13-2/h4H,1-3H3. The van der Waals surface area contributed by atoms with E-state index in [9.17, 15) is 0 Å². The highest BCUT2D eigenvalue weighted by atomic mass is 32.1. The molecule has 2 rings (SSSR count). The highest BCUT2D eigenvalue weighted by molar-refractivity contribution is 7.16. The van der Waals surface area contributed by atoms with Crippen molar-refractivity contribution in [2.45, 2.75) is 0 Å². The van der Waals surface area contributed by atoms with E-state index >= 15 is 0 Å². The van der Waals surface area contributed by atoms with Gasteiger partial charge in [-0.1, -0.05) is 0 Å². The van der Waals surface area contributed by atoms with Crippen LogP contribution in [0.5, 0.6) is 17.2 Å². The van der Waals surface area contributed by atoms with Gasteiger partial charge in [0.1, 0.15) is 4.70 Å². The van der Waals surface area contributed by atoms with Crippen molar-refractivity contribution in [3.8, 4) is 17.2 Å². The highest BCUT2D eigenvalue weighted by Crippen LogP contribution is 2.44. The van der Waals surface area contributed by atoms with Gasteiger partial charge in [-0.05, 0) is 0 Å². The molecule has 0 aliphatic heterocycles. The zero-order chi connectivity index (χ0) is 10.8. The van der Waals surface area contributed by atoms with Gasteiger partial charge in [-0.25, -0.2) is 4.98 Å². The number of methoxy groups -OCH3 is 3. The van der Waals surface area contributed by atoms with Crippen LogP contribution in [0.25, 0.3) is 10.2 Å². The van der Waals surface area contributed by atoms with Crippen LogP contribution in [0.2, 0.25) is 0 Å². The van der Waals surface area contributed by atoms with Crippen LogP contribution in [0.3, 0.4) is 0 Å². The van der Waals surface area contributed by atoms with Crippen LogP contribution < -0.4 is 14.2 Å². The molecule has 1 radical (unpaired) electrons. The summed E-state index contributed by atoms with van der Waals surface area (Å²) in [5, 5.41) is 0. The quantitative estimate of drug-likeness (QED) is 0.800. The molecule has 0 saturated carbocycles. The van der Waals surface area contributed by atoms with Crippen molar-refractivity contribution in [3.63, 3.8) is 0 Å². The van der Waals surface area contributed by atoms with Gasteiger partial charge in [0.05, 0.1) is 26.8 Å². The lowest BCUT2D eigenvalue weighted by molar-refractivity contribution is 0.327. The summed E-state index contributed by atoms with van der Waals surface area (Å²) in [6.45, 7) is 0. The smallest absolute Gasteiger partial charge is 0.204 e. The van der Waals surface area contributed by atoms with Crippen molar-refractivity contribution >= 4 is 21.6 Å². The Morgan fingerprint density at radius 1 is 1.13 bits per heavy atom. The van der Waals surface area contributed by atoms with Crippen LogP contribution in [0.1, 0.15) is 0 Å². The maximum Gasteiger partial charge on any atom is 0.204 e. The normalized spacial score (nSPS) is 10.3. The molecule has 0 fully saturated rings. The molecule has 0 aliphatic carbocycles. The van der Waals surface area contributed by atoms with Crippen LogP contribution in [0, 0.1) is 5.51 Å². The highest BCUT2D eigenvalue weighted by Gasteiger charge is 2.17. The molecule has 0 bridgehead atoms. The SMILES string of the molecule is COc1cc2n[c]sc2c(OC)c1OC. The van der Waals surface area contributed by atoms with Crippen molar-refractivity contribution in [2.24, 2.45) is 0 Å². The van der Waals surface area contributed by atoms with Gasteiger partial charge in [0.2, 0.25) is 5.75 Å².